The third-order valence-electron chi connectivity index (χ3n) is 9.44. The fourth-order valence-corrected chi connectivity index (χ4v) is 6.91. The summed E-state index contributed by atoms with van der Waals surface area (Å²) in [6.45, 7) is 4.96. The summed E-state index contributed by atoms with van der Waals surface area (Å²) in [5.74, 6) is 0.508. The summed E-state index contributed by atoms with van der Waals surface area (Å²) in [4.78, 5) is 46.8. The van der Waals surface area contributed by atoms with Gasteiger partial charge in [-0.15, -0.1) is 0 Å². The number of nitrogens with one attached hydrogen (secondary N) is 2. The fraction of sp³-hybridized carbons (Fsp3) is 0.471. The molecule has 2 bridgehead atoms. The number of hydrogen-bond acceptors (Lipinski definition) is 6. The minimum atomic E-state index is -1.18. The first-order chi connectivity index (χ1) is 21.1. The van der Waals surface area contributed by atoms with Gasteiger partial charge in [-0.2, -0.15) is 0 Å². The molecule has 3 fully saturated rings. The molecule has 1 spiro atoms. The van der Waals surface area contributed by atoms with Crippen molar-refractivity contribution in [2.45, 2.75) is 63.8 Å². The molecule has 0 radical (unpaired) electrons. The lowest BCUT2D eigenvalue weighted by Gasteiger charge is -2.30. The van der Waals surface area contributed by atoms with Crippen molar-refractivity contribution in [3.63, 3.8) is 0 Å². The average Bonchev–Trinajstić information content (AvgIpc) is 3.26. The molecule has 5 atom stereocenters. The first-order valence-corrected chi connectivity index (χ1v) is 15.5. The van der Waals surface area contributed by atoms with Crippen molar-refractivity contribution >= 4 is 23.5 Å². The van der Waals surface area contributed by atoms with Gasteiger partial charge in [-0.05, 0) is 67.9 Å². The number of carbonyl (C=O) groups excluding carboxylic acids is 3. The first kappa shape index (κ1) is 30.0. The van der Waals surface area contributed by atoms with Crippen LogP contribution in [0.5, 0.6) is 0 Å². The molecule has 44 heavy (non-hydrogen) atoms. The zero-order valence-electron chi connectivity index (χ0n) is 25.4. The highest BCUT2D eigenvalue weighted by Crippen LogP contribution is 2.65. The van der Waals surface area contributed by atoms with Crippen molar-refractivity contribution in [3.05, 3.63) is 84.3 Å². The maximum absolute atomic E-state index is 14.2. The predicted octanol–water partition coefficient (Wildman–Crippen LogP) is 3.50. The van der Waals surface area contributed by atoms with Crippen molar-refractivity contribution in [1.29, 1.82) is 0 Å². The molecule has 2 heterocycles. The molecule has 1 aromatic heterocycles. The van der Waals surface area contributed by atoms with Gasteiger partial charge in [-0.1, -0.05) is 60.7 Å². The van der Waals surface area contributed by atoms with Crippen LogP contribution in [-0.2, 0) is 25.7 Å². The highest BCUT2D eigenvalue weighted by Gasteiger charge is 2.60. The van der Waals surface area contributed by atoms with E-state index in [0.29, 0.717) is 17.3 Å². The second kappa shape index (κ2) is 12.2. The van der Waals surface area contributed by atoms with Crippen molar-refractivity contribution in [2.24, 2.45) is 23.0 Å². The minimum absolute atomic E-state index is 0.0469. The Morgan fingerprint density at radius 1 is 1.07 bits per heavy atom. The third-order valence-corrected chi connectivity index (χ3v) is 9.44. The van der Waals surface area contributed by atoms with E-state index in [9.17, 15) is 14.4 Å². The lowest BCUT2D eigenvalue weighted by atomic mass is 10.0. The second-order valence-corrected chi connectivity index (χ2v) is 13.4. The average molecular weight is 599 g/mol. The number of fused-ring (bicyclic) bond motifs is 1. The van der Waals surface area contributed by atoms with Crippen molar-refractivity contribution < 1.29 is 19.1 Å². The van der Waals surface area contributed by atoms with E-state index in [4.69, 9.17) is 10.5 Å². The molecular formula is C34H42N6O4. The number of amides is 3. The standard InChI is InChI=1S/C34H42N6O4/c1-33(2,35)32(43)37-27(21-44-20-23-9-5-3-6-10-23)30(41)38-28-19-40(22-36-28)29(25-11-7-4-8-12-25)31(42)39-17-24-13-14-34(15-24)16-26(34)18-39/h3-12,19,22,24,26-27,29H,13-18,20-21,35H2,1-2H3,(H,37,43)(H,38,41)/t24?,26?,27-,29?,34?/m1/s1. The summed E-state index contributed by atoms with van der Waals surface area (Å²) in [7, 11) is 0. The zero-order valence-corrected chi connectivity index (χ0v) is 25.4. The van der Waals surface area contributed by atoms with E-state index in [0.717, 1.165) is 24.2 Å². The maximum atomic E-state index is 14.2. The molecule has 6 rings (SSSR count). The molecule has 10 nitrogen and oxygen atoms in total. The Balaban J connectivity index is 1.18. The predicted molar refractivity (Wildman–Crippen MR) is 166 cm³/mol. The minimum Gasteiger partial charge on any atom is -0.374 e. The number of nitrogens with zero attached hydrogens (tertiary/aromatic N) is 3. The normalized spacial score (nSPS) is 23.7. The van der Waals surface area contributed by atoms with Crippen molar-refractivity contribution in [3.8, 4) is 0 Å². The zero-order chi connectivity index (χ0) is 30.9. The van der Waals surface area contributed by atoms with Crippen LogP contribution in [0.3, 0.4) is 0 Å². The number of nitrogens with two attached hydrogens (primary N) is 1. The Morgan fingerprint density at radius 3 is 2.52 bits per heavy atom. The van der Waals surface area contributed by atoms with Crippen molar-refractivity contribution in [1.82, 2.24) is 19.8 Å². The van der Waals surface area contributed by atoms with Gasteiger partial charge in [0.05, 0.1) is 25.1 Å². The quantitative estimate of drug-likeness (QED) is 0.310. The summed E-state index contributed by atoms with van der Waals surface area (Å²) < 4.78 is 7.57. The first-order valence-electron chi connectivity index (χ1n) is 15.5. The van der Waals surface area contributed by atoms with Crippen LogP contribution in [0.15, 0.2) is 73.2 Å². The number of ether oxygens (including phenoxy) is 1. The van der Waals surface area contributed by atoms with E-state index < -0.39 is 29.4 Å². The van der Waals surface area contributed by atoms with E-state index in [2.05, 4.69) is 20.5 Å². The molecular weight excluding hydrogens is 556 g/mol. The molecule has 2 aromatic carbocycles. The summed E-state index contributed by atoms with van der Waals surface area (Å²) in [6, 6.07) is 17.6. The number of anilines is 1. The van der Waals surface area contributed by atoms with Gasteiger partial charge in [0.2, 0.25) is 11.8 Å². The molecule has 3 aliphatic rings. The van der Waals surface area contributed by atoms with Gasteiger partial charge in [0.1, 0.15) is 12.1 Å². The lowest BCUT2D eigenvalue weighted by Crippen LogP contribution is -2.56. The van der Waals surface area contributed by atoms with E-state index in [1.165, 1.54) is 25.7 Å². The Morgan fingerprint density at radius 2 is 1.80 bits per heavy atom. The molecule has 3 aromatic rings. The van der Waals surface area contributed by atoms with Crippen LogP contribution in [-0.4, -0.2) is 63.4 Å². The molecule has 2 saturated carbocycles. The molecule has 4 unspecified atom stereocenters. The van der Waals surface area contributed by atoms with Crippen LogP contribution in [0.1, 0.15) is 56.7 Å². The molecule has 1 saturated heterocycles. The summed E-state index contributed by atoms with van der Waals surface area (Å²) in [6.07, 6.45) is 8.23. The number of likely N-dealkylation sites (tertiary alicyclic amines) is 1. The number of rotatable bonds is 11. The highest BCUT2D eigenvalue weighted by atomic mass is 16.5. The van der Waals surface area contributed by atoms with Gasteiger partial charge in [-0.3, -0.25) is 14.4 Å². The van der Waals surface area contributed by atoms with E-state index in [1.54, 1.807) is 30.9 Å². The maximum Gasteiger partial charge on any atom is 0.250 e. The Hall–Kier alpha value is -4.02. The molecule has 1 aliphatic heterocycles. The van der Waals surface area contributed by atoms with E-state index in [1.807, 2.05) is 60.7 Å². The Labute approximate surface area is 258 Å². The van der Waals surface area contributed by atoms with Crippen LogP contribution in [0.25, 0.3) is 0 Å². The number of hydrogen-bond donors (Lipinski definition) is 3. The summed E-state index contributed by atoms with van der Waals surface area (Å²) in [5.41, 5.74) is 7.08. The smallest absolute Gasteiger partial charge is 0.250 e. The molecule has 3 amide bonds. The van der Waals surface area contributed by atoms with Gasteiger partial charge in [0.15, 0.2) is 5.82 Å². The second-order valence-electron chi connectivity index (χ2n) is 13.4. The third kappa shape index (κ3) is 6.56. The van der Waals surface area contributed by atoms with E-state index >= 15 is 0 Å². The molecule has 232 valence electrons. The summed E-state index contributed by atoms with van der Waals surface area (Å²) >= 11 is 0. The largest absolute Gasteiger partial charge is 0.374 e. The van der Waals surface area contributed by atoms with Crippen LogP contribution < -0.4 is 16.4 Å². The van der Waals surface area contributed by atoms with Gasteiger partial charge in [-0.25, -0.2) is 4.98 Å². The SMILES string of the molecule is CC(C)(N)C(=O)N[C@H](COCc1ccccc1)C(=O)Nc1cn(C(C(=O)N2CC3CCC4(C3)CC4C2)c2ccccc2)cn1. The number of imidazole rings is 1. The monoisotopic (exact) mass is 598 g/mol. The van der Waals surface area contributed by atoms with Gasteiger partial charge in [0.25, 0.3) is 5.91 Å². The van der Waals surface area contributed by atoms with Crippen LogP contribution in [0.2, 0.25) is 0 Å². The molecule has 10 heteroatoms. The fourth-order valence-electron chi connectivity index (χ4n) is 6.91. The van der Waals surface area contributed by atoms with Crippen LogP contribution in [0.4, 0.5) is 5.82 Å². The van der Waals surface area contributed by atoms with Crippen molar-refractivity contribution in [2.75, 3.05) is 25.0 Å². The van der Waals surface area contributed by atoms with Gasteiger partial charge >= 0.3 is 0 Å². The molecule has 4 N–H and O–H groups in total. The van der Waals surface area contributed by atoms with Crippen LogP contribution in [0, 0.1) is 17.3 Å². The highest BCUT2D eigenvalue weighted by molar-refractivity contribution is 5.98. The Kier molecular flexibility index (Phi) is 8.30. The van der Waals surface area contributed by atoms with Gasteiger partial charge < -0.3 is 30.6 Å². The number of benzene rings is 2. The Bertz CT molecular complexity index is 1480. The molecule has 2 aliphatic carbocycles. The van der Waals surface area contributed by atoms with Gasteiger partial charge in [0, 0.05) is 19.3 Å². The topological polar surface area (TPSA) is 132 Å². The van der Waals surface area contributed by atoms with Crippen LogP contribution >= 0.6 is 0 Å². The number of aromatic nitrogens is 2. The summed E-state index contributed by atoms with van der Waals surface area (Å²) in [5, 5.41) is 5.52. The van der Waals surface area contributed by atoms with E-state index in [-0.39, 0.29) is 24.9 Å². The lowest BCUT2D eigenvalue weighted by molar-refractivity contribution is -0.134. The number of carbonyl (C=O) groups is 3.